The number of nitrogens with zero attached hydrogens (tertiary/aromatic N) is 2. The molecule has 8 heteroatoms. The Labute approximate surface area is 178 Å². The first-order valence-electron chi connectivity index (χ1n) is 10.1. The van der Waals surface area contributed by atoms with Gasteiger partial charge in [-0.1, -0.05) is 26.0 Å². The van der Waals surface area contributed by atoms with Crippen LogP contribution < -0.4 is 0 Å². The summed E-state index contributed by atoms with van der Waals surface area (Å²) in [7, 11) is -3.60. The van der Waals surface area contributed by atoms with Crippen molar-refractivity contribution in [1.29, 1.82) is 0 Å². The first-order valence-corrected chi connectivity index (χ1v) is 11.6. The van der Waals surface area contributed by atoms with Crippen LogP contribution in [0.4, 0.5) is 0 Å². The van der Waals surface area contributed by atoms with E-state index in [9.17, 15) is 18.0 Å². The number of carbonyl (C=O) groups excluding carboxylic acids is 2. The topological polar surface area (TPSA) is 90.6 Å². The van der Waals surface area contributed by atoms with Gasteiger partial charge in [-0.05, 0) is 49.9 Å². The molecule has 1 N–H and O–H groups in total. The fourth-order valence-electron chi connectivity index (χ4n) is 3.96. The van der Waals surface area contributed by atoms with Crippen molar-refractivity contribution >= 4 is 21.7 Å². The van der Waals surface area contributed by atoms with E-state index in [2.05, 4.69) is 18.8 Å². The molecule has 0 unspecified atom stereocenters. The summed E-state index contributed by atoms with van der Waals surface area (Å²) >= 11 is 0. The average molecular weight is 432 g/mol. The molecule has 0 atom stereocenters. The van der Waals surface area contributed by atoms with Crippen LogP contribution in [0.5, 0.6) is 0 Å². The molecular weight excluding hydrogens is 402 g/mol. The molecule has 1 aromatic carbocycles. The van der Waals surface area contributed by atoms with Crippen molar-refractivity contribution in [3.8, 4) is 0 Å². The van der Waals surface area contributed by atoms with Gasteiger partial charge < -0.3 is 9.88 Å². The molecule has 1 aliphatic rings. The predicted octanol–water partition coefficient (Wildman–Crippen LogP) is 3.10. The SMILES string of the molecule is CC(=O)c1c(C)[nH]c(C(=O)N2CCN(S(=O)(=O)c3ccc(C(C)C)cc3)CC2)c1C. The molecule has 0 saturated carbocycles. The number of amides is 1. The minimum Gasteiger partial charge on any atom is -0.354 e. The zero-order valence-electron chi connectivity index (χ0n) is 18.2. The summed E-state index contributed by atoms with van der Waals surface area (Å²) < 4.78 is 27.4. The Morgan fingerprint density at radius 1 is 1.00 bits per heavy atom. The fraction of sp³-hybridized carbons (Fsp3) is 0.455. The number of hydrogen-bond acceptors (Lipinski definition) is 4. The standard InChI is InChI=1S/C22H29N3O4S/c1-14(2)18-6-8-19(9-7-18)30(28,29)25-12-10-24(11-13-25)22(27)21-15(3)20(17(5)26)16(4)23-21/h6-9,14,23H,10-13H2,1-5H3. The second-order valence-electron chi connectivity index (χ2n) is 8.10. The van der Waals surface area contributed by atoms with Crippen molar-refractivity contribution < 1.29 is 18.0 Å². The molecule has 0 spiro atoms. The highest BCUT2D eigenvalue weighted by Gasteiger charge is 2.32. The average Bonchev–Trinajstić information content (AvgIpc) is 3.01. The number of sulfonamides is 1. The number of nitrogens with one attached hydrogen (secondary N) is 1. The van der Waals surface area contributed by atoms with Gasteiger partial charge in [-0.3, -0.25) is 9.59 Å². The van der Waals surface area contributed by atoms with Crippen LogP contribution in [0.25, 0.3) is 0 Å². The van der Waals surface area contributed by atoms with Gasteiger partial charge in [0.1, 0.15) is 5.69 Å². The van der Waals surface area contributed by atoms with E-state index in [4.69, 9.17) is 0 Å². The monoisotopic (exact) mass is 431 g/mol. The second kappa shape index (κ2) is 8.35. The lowest BCUT2D eigenvalue weighted by Crippen LogP contribution is -2.50. The second-order valence-corrected chi connectivity index (χ2v) is 10.0. The van der Waals surface area contributed by atoms with E-state index in [-0.39, 0.29) is 29.7 Å². The van der Waals surface area contributed by atoms with Gasteiger partial charge in [-0.15, -0.1) is 0 Å². The van der Waals surface area contributed by atoms with Crippen molar-refractivity contribution in [2.24, 2.45) is 0 Å². The van der Waals surface area contributed by atoms with E-state index in [0.717, 1.165) is 5.56 Å². The van der Waals surface area contributed by atoms with Gasteiger partial charge in [-0.2, -0.15) is 4.31 Å². The van der Waals surface area contributed by atoms with Crippen LogP contribution in [0.2, 0.25) is 0 Å². The number of ketones is 1. The smallest absolute Gasteiger partial charge is 0.270 e. The fourth-order valence-corrected chi connectivity index (χ4v) is 5.38. The summed E-state index contributed by atoms with van der Waals surface area (Å²) in [5, 5.41) is 0. The molecule has 3 rings (SSSR count). The first-order chi connectivity index (χ1) is 14.0. The number of aromatic nitrogens is 1. The van der Waals surface area contributed by atoms with E-state index in [1.807, 2.05) is 12.1 Å². The predicted molar refractivity (Wildman–Crippen MR) is 115 cm³/mol. The lowest BCUT2D eigenvalue weighted by Gasteiger charge is -2.34. The summed E-state index contributed by atoms with van der Waals surface area (Å²) in [6.07, 6.45) is 0. The number of H-pyrrole nitrogens is 1. The highest BCUT2D eigenvalue weighted by molar-refractivity contribution is 7.89. The molecular formula is C22H29N3O4S. The molecule has 0 radical (unpaired) electrons. The summed E-state index contributed by atoms with van der Waals surface area (Å²) in [4.78, 5) is 29.7. The van der Waals surface area contributed by atoms with Crippen LogP contribution in [0.3, 0.4) is 0 Å². The van der Waals surface area contributed by atoms with E-state index in [1.54, 1.807) is 30.9 Å². The molecule has 1 fully saturated rings. The molecule has 1 aliphatic heterocycles. The van der Waals surface area contributed by atoms with Crippen LogP contribution in [0.1, 0.15) is 64.4 Å². The van der Waals surface area contributed by atoms with E-state index < -0.39 is 10.0 Å². The van der Waals surface area contributed by atoms with Crippen molar-refractivity contribution in [1.82, 2.24) is 14.2 Å². The van der Waals surface area contributed by atoms with Gasteiger partial charge in [0.05, 0.1) is 4.90 Å². The third kappa shape index (κ3) is 4.06. The Morgan fingerprint density at radius 2 is 1.57 bits per heavy atom. The normalized spacial score (nSPS) is 15.6. The van der Waals surface area contributed by atoms with E-state index in [1.165, 1.54) is 11.2 Å². The zero-order chi connectivity index (χ0) is 22.2. The number of piperazine rings is 1. The minimum absolute atomic E-state index is 0.0836. The molecule has 30 heavy (non-hydrogen) atoms. The van der Waals surface area contributed by atoms with E-state index >= 15 is 0 Å². The van der Waals surface area contributed by atoms with Crippen LogP contribution >= 0.6 is 0 Å². The highest BCUT2D eigenvalue weighted by Crippen LogP contribution is 2.23. The molecule has 2 heterocycles. The number of benzene rings is 1. The number of Topliss-reactive ketones (excluding diaryl/α,β-unsaturated/α-hetero) is 1. The third-order valence-electron chi connectivity index (χ3n) is 5.71. The minimum atomic E-state index is -3.60. The summed E-state index contributed by atoms with van der Waals surface area (Å²) in [6.45, 7) is 10.2. The molecule has 2 aromatic rings. The Morgan fingerprint density at radius 3 is 2.03 bits per heavy atom. The number of carbonyl (C=O) groups is 2. The largest absolute Gasteiger partial charge is 0.354 e. The molecule has 1 aromatic heterocycles. The summed E-state index contributed by atoms with van der Waals surface area (Å²) in [6, 6.07) is 6.99. The van der Waals surface area contributed by atoms with Crippen molar-refractivity contribution in [2.75, 3.05) is 26.2 Å². The van der Waals surface area contributed by atoms with Gasteiger partial charge in [-0.25, -0.2) is 8.42 Å². The Bertz CT molecular complexity index is 1060. The maximum Gasteiger partial charge on any atom is 0.270 e. The lowest BCUT2D eigenvalue weighted by molar-refractivity contribution is 0.0691. The maximum atomic E-state index is 13.0. The van der Waals surface area contributed by atoms with Gasteiger partial charge in [0.2, 0.25) is 10.0 Å². The zero-order valence-corrected chi connectivity index (χ0v) is 19.0. The Balaban J connectivity index is 1.72. The quantitative estimate of drug-likeness (QED) is 0.737. The summed E-state index contributed by atoms with van der Waals surface area (Å²) in [5.41, 5.74) is 3.35. The van der Waals surface area contributed by atoms with Gasteiger partial charge in [0, 0.05) is 37.4 Å². The van der Waals surface area contributed by atoms with Crippen LogP contribution in [-0.4, -0.2) is 60.5 Å². The first kappa shape index (κ1) is 22.2. The third-order valence-corrected chi connectivity index (χ3v) is 7.63. The van der Waals surface area contributed by atoms with Gasteiger partial charge in [0.25, 0.3) is 5.91 Å². The Kier molecular flexibility index (Phi) is 6.19. The number of hydrogen-bond donors (Lipinski definition) is 1. The number of aromatic amines is 1. The highest BCUT2D eigenvalue weighted by atomic mass is 32.2. The van der Waals surface area contributed by atoms with Crippen molar-refractivity contribution in [2.45, 2.75) is 45.4 Å². The lowest BCUT2D eigenvalue weighted by atomic mass is 10.0. The number of rotatable bonds is 5. The van der Waals surface area contributed by atoms with Crippen LogP contribution in [-0.2, 0) is 10.0 Å². The van der Waals surface area contributed by atoms with Crippen molar-refractivity contribution in [3.63, 3.8) is 0 Å². The summed E-state index contributed by atoms with van der Waals surface area (Å²) in [5.74, 6) is 0.0426. The van der Waals surface area contributed by atoms with Crippen molar-refractivity contribution in [3.05, 3.63) is 52.3 Å². The van der Waals surface area contributed by atoms with E-state index in [0.29, 0.717) is 41.5 Å². The molecule has 0 aliphatic carbocycles. The maximum absolute atomic E-state index is 13.0. The molecule has 1 saturated heterocycles. The molecule has 0 bridgehead atoms. The molecule has 1 amide bonds. The molecule has 7 nitrogen and oxygen atoms in total. The van der Waals surface area contributed by atoms with Crippen LogP contribution in [0, 0.1) is 13.8 Å². The van der Waals surface area contributed by atoms with Gasteiger partial charge in [0.15, 0.2) is 5.78 Å². The number of aryl methyl sites for hydroxylation is 1. The van der Waals surface area contributed by atoms with Gasteiger partial charge >= 0.3 is 0 Å². The Hall–Kier alpha value is -2.45. The molecule has 162 valence electrons. The van der Waals surface area contributed by atoms with Crippen LogP contribution in [0.15, 0.2) is 29.2 Å².